The van der Waals surface area contributed by atoms with Gasteiger partial charge in [0.15, 0.2) is 16.8 Å². The van der Waals surface area contributed by atoms with Crippen LogP contribution in [0.2, 0.25) is 0 Å². The lowest BCUT2D eigenvalue weighted by atomic mass is 9.90. The first kappa shape index (κ1) is 67.3. The molecule has 0 amide bonds. The van der Waals surface area contributed by atoms with E-state index in [1.165, 1.54) is 28.9 Å². The molecule has 0 atom stereocenters. The van der Waals surface area contributed by atoms with Crippen molar-refractivity contribution in [3.63, 3.8) is 0 Å². The molecule has 0 fully saturated rings. The number of azo groups is 1. The number of rotatable bonds is 28. The zero-order chi connectivity index (χ0) is 64.1. The van der Waals surface area contributed by atoms with Crippen LogP contribution in [0.1, 0.15) is 139 Å². The smallest absolute Gasteiger partial charge is 0.241 e. The van der Waals surface area contributed by atoms with Crippen molar-refractivity contribution < 1.29 is 33.7 Å². The Labute approximate surface area is 525 Å². The Kier molecular flexibility index (Phi) is 21.1. The van der Waals surface area contributed by atoms with Crippen LogP contribution in [0.4, 0.5) is 39.6 Å². The molecule has 22 nitrogen and oxygen atoms in total. The van der Waals surface area contributed by atoms with Gasteiger partial charge in [-0.1, -0.05) is 109 Å². The maximum absolute atomic E-state index is 14.4. The Hall–Kier alpha value is -6.65. The fourth-order valence-corrected chi connectivity index (χ4v) is 17.1. The molecule has 0 spiro atoms. The normalized spacial score (nSPS) is 12.7. The highest BCUT2D eigenvalue weighted by molar-refractivity contribution is 7.90. The molecule has 0 radical (unpaired) electrons. The highest BCUT2D eigenvalue weighted by atomic mass is 32.2. The second kappa shape index (κ2) is 27.6. The van der Waals surface area contributed by atoms with E-state index in [0.717, 1.165) is 48.4 Å². The lowest BCUT2D eigenvalue weighted by molar-refractivity contribution is 0.559. The first-order valence-corrected chi connectivity index (χ1v) is 36.7. The summed E-state index contributed by atoms with van der Waals surface area (Å²) in [6, 6.07) is 19.9. The van der Waals surface area contributed by atoms with Gasteiger partial charge in [-0.2, -0.15) is 15.0 Å². The molecule has 0 aliphatic carbocycles. The second-order valence-corrected chi connectivity index (χ2v) is 31.5. The molecule has 28 heteroatoms. The largest absolute Gasteiger partial charge is 0.338 e. The zero-order valence-corrected chi connectivity index (χ0v) is 56.5. The number of anilines is 5. The Morgan fingerprint density at radius 2 is 1.14 bits per heavy atom. The number of fused-ring (bicyclic) bond motifs is 2. The van der Waals surface area contributed by atoms with E-state index in [1.807, 2.05) is 62.3 Å². The molecular formula is C60H76N14O8S6. The molecule has 4 aromatic heterocycles. The van der Waals surface area contributed by atoms with Gasteiger partial charge in [0.25, 0.3) is 0 Å². The Morgan fingerprint density at radius 3 is 1.69 bits per heavy atom. The van der Waals surface area contributed by atoms with Crippen LogP contribution in [-0.2, 0) is 45.5 Å². The van der Waals surface area contributed by atoms with E-state index in [1.54, 1.807) is 68.1 Å². The minimum Gasteiger partial charge on any atom is -0.338 e. The van der Waals surface area contributed by atoms with Crippen LogP contribution >= 0.6 is 22.7 Å². The van der Waals surface area contributed by atoms with Crippen LogP contribution in [0.5, 0.6) is 0 Å². The zero-order valence-electron chi connectivity index (χ0n) is 51.6. The van der Waals surface area contributed by atoms with Crippen LogP contribution in [0.25, 0.3) is 25.6 Å². The highest BCUT2D eigenvalue weighted by Crippen LogP contribution is 2.46. The number of nitrogens with zero attached hydrogens (tertiary/aromatic N) is 9. The highest BCUT2D eigenvalue weighted by Gasteiger charge is 2.32. The van der Waals surface area contributed by atoms with E-state index in [2.05, 4.69) is 30.3 Å². The van der Waals surface area contributed by atoms with Gasteiger partial charge < -0.3 is 5.32 Å². The Morgan fingerprint density at radius 1 is 0.602 bits per heavy atom. The topological polar surface area (TPSA) is 305 Å². The standard InChI is InChI=1S/C60H76N14O8S6/c1-13-17-27-62-85(75,76)42-21-23-45-49(33-42)83-58(67-45)73(53-39(7)32-40(8)54(41(53)9)88(81,82)65-30-20-16-4)52-26-25-47(56(69-52)66-48-35-51(38(6)31-37(48)5)87(79,80)64-29-19-15-3)70-71-57-44(36-61)55(60(10,11)12)72-74(57)59-68-46-24-22-43(34-50(46)84-59)86(77,78)63-28-18-14-2/h21-26,31-35,62-65H,13-20,27-30H2,1-12H3,(H,66,69)/b71-70+. The SMILES string of the molecule is CCCCNS(=O)(=O)c1ccc2nc(N(c3ccc(/N=N/c4c(C#N)c(C(C)(C)C)nn4-c4nc5ccc(S(=O)(=O)NCCCC)cc5s4)c(Nc4cc(S(=O)(=O)NCCCC)c(C)cc4C)n3)c3c(C)cc(C)c(S(=O)(=O)NCCCC)c3C)sc2c1. The third-order valence-electron chi connectivity index (χ3n) is 14.4. The summed E-state index contributed by atoms with van der Waals surface area (Å²) in [5.74, 6) is 0.213. The average Bonchev–Trinajstić information content (AvgIpc) is 1.72. The van der Waals surface area contributed by atoms with E-state index < -0.39 is 45.5 Å². The van der Waals surface area contributed by atoms with Gasteiger partial charge in [-0.25, -0.2) is 67.5 Å². The second-order valence-electron chi connectivity index (χ2n) is 22.5. The van der Waals surface area contributed by atoms with Crippen molar-refractivity contribution in [2.45, 2.75) is 159 Å². The van der Waals surface area contributed by atoms with Gasteiger partial charge in [-0.15, -0.1) is 10.2 Å². The molecule has 88 heavy (non-hydrogen) atoms. The van der Waals surface area contributed by atoms with Crippen molar-refractivity contribution >= 4 is 123 Å². The van der Waals surface area contributed by atoms with E-state index in [4.69, 9.17) is 30.3 Å². The van der Waals surface area contributed by atoms with E-state index in [9.17, 15) is 38.9 Å². The minimum atomic E-state index is -4.11. The van der Waals surface area contributed by atoms with Crippen LogP contribution in [0.3, 0.4) is 0 Å². The van der Waals surface area contributed by atoms with Crippen LogP contribution < -0.4 is 29.1 Å². The first-order valence-electron chi connectivity index (χ1n) is 29.1. The monoisotopic (exact) mass is 1310 g/mol. The third-order valence-corrected chi connectivity index (χ3v) is 22.7. The Bertz CT molecular complexity index is 4470. The summed E-state index contributed by atoms with van der Waals surface area (Å²) in [6.45, 7) is 23.3. The summed E-state index contributed by atoms with van der Waals surface area (Å²) in [6.07, 6.45) is 5.67. The number of nitriles is 1. The predicted octanol–water partition coefficient (Wildman–Crippen LogP) is 13.1. The summed E-state index contributed by atoms with van der Waals surface area (Å²) >= 11 is 2.31. The average molecular weight is 1310 g/mol. The molecule has 0 saturated heterocycles. The van der Waals surface area contributed by atoms with E-state index >= 15 is 0 Å². The number of aromatic nitrogens is 5. The number of sulfonamides is 4. The number of pyridine rings is 1. The molecule has 0 unspecified atom stereocenters. The van der Waals surface area contributed by atoms with E-state index in [-0.39, 0.29) is 84.7 Å². The summed E-state index contributed by atoms with van der Waals surface area (Å²) < 4.78 is 124. The molecule has 4 heterocycles. The molecule has 8 rings (SSSR count). The summed E-state index contributed by atoms with van der Waals surface area (Å²) in [5.41, 5.74) is 4.17. The minimum absolute atomic E-state index is 0.00104. The van der Waals surface area contributed by atoms with Gasteiger partial charge in [0.2, 0.25) is 45.2 Å². The summed E-state index contributed by atoms with van der Waals surface area (Å²) in [7, 11) is -15.9. The first-order chi connectivity index (χ1) is 41.6. The van der Waals surface area contributed by atoms with Gasteiger partial charge >= 0.3 is 0 Å². The molecular weight excluding hydrogens is 1240 g/mol. The molecule has 0 saturated carbocycles. The maximum atomic E-state index is 14.4. The van der Waals surface area contributed by atoms with Gasteiger partial charge in [-0.3, -0.25) is 4.90 Å². The number of aryl methyl sites for hydroxylation is 4. The molecule has 4 aromatic carbocycles. The van der Waals surface area contributed by atoms with Gasteiger partial charge in [-0.05, 0) is 143 Å². The molecule has 0 aliphatic heterocycles. The van der Waals surface area contributed by atoms with Gasteiger partial charge in [0, 0.05) is 37.3 Å². The quantitative estimate of drug-likeness (QED) is 0.0225. The maximum Gasteiger partial charge on any atom is 0.241 e. The van der Waals surface area contributed by atoms with Gasteiger partial charge in [0.05, 0.1) is 51.4 Å². The van der Waals surface area contributed by atoms with E-state index in [0.29, 0.717) is 91.0 Å². The number of nitrogens with one attached hydrogen (secondary N) is 5. The van der Waals surface area contributed by atoms with Crippen molar-refractivity contribution in [2.24, 2.45) is 10.2 Å². The van der Waals surface area contributed by atoms with Gasteiger partial charge in [0.1, 0.15) is 23.1 Å². The number of hydrogen-bond acceptors (Lipinski definition) is 19. The molecule has 470 valence electrons. The molecule has 5 N–H and O–H groups in total. The molecule has 0 bridgehead atoms. The fourth-order valence-electron chi connectivity index (χ4n) is 9.87. The van der Waals surface area contributed by atoms with Crippen LogP contribution in [-0.4, -0.2) is 84.6 Å². The van der Waals surface area contributed by atoms with Crippen molar-refractivity contribution in [3.05, 3.63) is 106 Å². The third kappa shape index (κ3) is 14.8. The number of benzene rings is 4. The molecule has 8 aromatic rings. The number of thiazole rings is 2. The van der Waals surface area contributed by atoms with Crippen molar-refractivity contribution in [1.29, 1.82) is 5.26 Å². The molecule has 0 aliphatic rings. The van der Waals surface area contributed by atoms with Crippen molar-refractivity contribution in [3.8, 4) is 11.2 Å². The fraction of sp³-hybridized carbons (Fsp3) is 0.417. The van der Waals surface area contributed by atoms with Crippen LogP contribution in [0.15, 0.2) is 96.5 Å². The van der Waals surface area contributed by atoms with Crippen LogP contribution in [0, 0.1) is 45.9 Å². The lowest BCUT2D eigenvalue weighted by Gasteiger charge is -2.28. The number of unbranched alkanes of at least 4 members (excludes halogenated alkanes) is 4. The predicted molar refractivity (Wildman–Crippen MR) is 350 cm³/mol. The Balaban J connectivity index is 1.38. The van der Waals surface area contributed by atoms with Crippen molar-refractivity contribution in [2.75, 3.05) is 36.4 Å². The summed E-state index contributed by atoms with van der Waals surface area (Å²) in [4.78, 5) is 17.0. The number of hydrogen-bond donors (Lipinski definition) is 5. The van der Waals surface area contributed by atoms with Crippen molar-refractivity contribution in [1.82, 2.24) is 43.6 Å². The lowest BCUT2D eigenvalue weighted by Crippen LogP contribution is -2.27. The summed E-state index contributed by atoms with van der Waals surface area (Å²) in [5, 5.41) is 29.3.